The van der Waals surface area contributed by atoms with E-state index in [2.05, 4.69) is 0 Å². The summed E-state index contributed by atoms with van der Waals surface area (Å²) >= 11 is 0. The van der Waals surface area contributed by atoms with Gasteiger partial charge in [0.2, 0.25) is 0 Å². The predicted octanol–water partition coefficient (Wildman–Crippen LogP) is 3.52. The molecule has 0 heterocycles. The number of phenols is 1. The van der Waals surface area contributed by atoms with Crippen LogP contribution in [0.1, 0.15) is 5.56 Å². The van der Waals surface area contributed by atoms with Crippen LogP contribution in [0.15, 0.2) is 36.4 Å². The molecular weight excluding hydrogens is 219 g/mol. The third kappa shape index (κ3) is 2.09. The number of ether oxygens (including phenoxy) is 1. The molecule has 2 aromatic carbocycles. The molecule has 0 atom stereocenters. The largest absolute Gasteiger partial charge is 0.504 e. The molecule has 17 heavy (non-hydrogen) atoms. The van der Waals surface area contributed by atoms with E-state index >= 15 is 0 Å². The second-order valence-corrected chi connectivity index (χ2v) is 3.82. The molecule has 1 N–H and O–H groups in total. The van der Waals surface area contributed by atoms with E-state index in [9.17, 15) is 9.50 Å². The van der Waals surface area contributed by atoms with Crippen LogP contribution in [0.5, 0.6) is 11.5 Å². The standard InChI is InChI=1S/C14H13FO2/c1-9-8-10(15)6-7-11(9)12-4-3-5-13(17-2)14(12)16/h3-8,16H,1-2H3. The fraction of sp³-hybridized carbons (Fsp3) is 0.143. The second kappa shape index (κ2) is 4.45. The highest BCUT2D eigenvalue weighted by molar-refractivity contribution is 5.75. The number of halogens is 1. The van der Waals surface area contributed by atoms with Crippen molar-refractivity contribution in [2.24, 2.45) is 0 Å². The molecule has 0 bridgehead atoms. The second-order valence-electron chi connectivity index (χ2n) is 3.82. The highest BCUT2D eigenvalue weighted by Crippen LogP contribution is 2.38. The number of benzene rings is 2. The van der Waals surface area contributed by atoms with Crippen molar-refractivity contribution < 1.29 is 14.2 Å². The minimum Gasteiger partial charge on any atom is -0.504 e. The first-order chi connectivity index (χ1) is 8.13. The fourth-order valence-electron chi connectivity index (χ4n) is 1.83. The number of para-hydroxylation sites is 1. The zero-order valence-corrected chi connectivity index (χ0v) is 9.70. The van der Waals surface area contributed by atoms with E-state index in [0.717, 1.165) is 11.1 Å². The van der Waals surface area contributed by atoms with E-state index in [4.69, 9.17) is 4.74 Å². The van der Waals surface area contributed by atoms with Crippen LogP contribution in [0.3, 0.4) is 0 Å². The summed E-state index contributed by atoms with van der Waals surface area (Å²) in [4.78, 5) is 0. The Morgan fingerprint density at radius 3 is 2.53 bits per heavy atom. The molecule has 0 aliphatic carbocycles. The lowest BCUT2D eigenvalue weighted by atomic mass is 9.99. The Hall–Kier alpha value is -2.03. The molecule has 0 saturated carbocycles. The molecule has 0 aliphatic rings. The summed E-state index contributed by atoms with van der Waals surface area (Å²) in [6.45, 7) is 1.80. The van der Waals surface area contributed by atoms with Gasteiger partial charge in [-0.15, -0.1) is 0 Å². The highest BCUT2D eigenvalue weighted by atomic mass is 19.1. The molecule has 2 nitrogen and oxygen atoms in total. The van der Waals surface area contributed by atoms with Crippen molar-refractivity contribution in [1.82, 2.24) is 0 Å². The summed E-state index contributed by atoms with van der Waals surface area (Å²) in [5.41, 5.74) is 2.21. The number of phenolic OH excluding ortho intramolecular Hbond substituents is 1. The van der Waals surface area contributed by atoms with Crippen molar-refractivity contribution in [2.45, 2.75) is 6.92 Å². The maximum Gasteiger partial charge on any atom is 0.165 e. The van der Waals surface area contributed by atoms with Crippen molar-refractivity contribution in [2.75, 3.05) is 7.11 Å². The Labute approximate surface area is 99.3 Å². The van der Waals surface area contributed by atoms with Gasteiger partial charge in [0.05, 0.1) is 7.11 Å². The van der Waals surface area contributed by atoms with Crippen LogP contribution in [-0.2, 0) is 0 Å². The van der Waals surface area contributed by atoms with Crippen LogP contribution in [0.25, 0.3) is 11.1 Å². The Morgan fingerprint density at radius 1 is 1.12 bits per heavy atom. The van der Waals surface area contributed by atoms with E-state index in [0.29, 0.717) is 11.3 Å². The molecule has 0 fully saturated rings. The number of hydrogen-bond donors (Lipinski definition) is 1. The summed E-state index contributed by atoms with van der Waals surface area (Å²) in [7, 11) is 1.50. The van der Waals surface area contributed by atoms with Crippen molar-refractivity contribution >= 4 is 0 Å². The summed E-state index contributed by atoms with van der Waals surface area (Å²) in [6, 6.07) is 9.71. The van der Waals surface area contributed by atoms with Crippen molar-refractivity contribution in [3.8, 4) is 22.6 Å². The van der Waals surface area contributed by atoms with Gasteiger partial charge in [0.15, 0.2) is 11.5 Å². The first kappa shape index (κ1) is 11.5. The number of aromatic hydroxyl groups is 1. The average molecular weight is 232 g/mol. The average Bonchev–Trinajstić information content (AvgIpc) is 2.30. The zero-order chi connectivity index (χ0) is 12.4. The summed E-state index contributed by atoms with van der Waals surface area (Å²) < 4.78 is 18.1. The van der Waals surface area contributed by atoms with Crippen molar-refractivity contribution in [1.29, 1.82) is 0 Å². The van der Waals surface area contributed by atoms with Crippen LogP contribution in [0.4, 0.5) is 4.39 Å². The number of rotatable bonds is 2. The monoisotopic (exact) mass is 232 g/mol. The van der Waals surface area contributed by atoms with Crippen LogP contribution >= 0.6 is 0 Å². The lowest BCUT2D eigenvalue weighted by Gasteiger charge is -2.11. The van der Waals surface area contributed by atoms with Crippen LogP contribution in [0, 0.1) is 12.7 Å². The Morgan fingerprint density at radius 2 is 1.88 bits per heavy atom. The number of hydrogen-bond acceptors (Lipinski definition) is 2. The summed E-state index contributed by atoms with van der Waals surface area (Å²) in [5, 5.41) is 10.0. The van der Waals surface area contributed by atoms with Crippen LogP contribution in [0.2, 0.25) is 0 Å². The van der Waals surface area contributed by atoms with Crippen LogP contribution < -0.4 is 4.74 Å². The van der Waals surface area contributed by atoms with Gasteiger partial charge in [-0.3, -0.25) is 0 Å². The van der Waals surface area contributed by atoms with Gasteiger partial charge in [-0.2, -0.15) is 0 Å². The van der Waals surface area contributed by atoms with E-state index < -0.39 is 0 Å². The van der Waals surface area contributed by atoms with Crippen molar-refractivity contribution in [3.63, 3.8) is 0 Å². The third-order valence-corrected chi connectivity index (χ3v) is 2.70. The maximum absolute atomic E-state index is 13.0. The van der Waals surface area contributed by atoms with Crippen LogP contribution in [-0.4, -0.2) is 12.2 Å². The first-order valence-electron chi connectivity index (χ1n) is 5.26. The molecule has 0 aromatic heterocycles. The normalized spacial score (nSPS) is 10.3. The molecule has 0 spiro atoms. The molecule has 0 amide bonds. The minimum atomic E-state index is -0.284. The summed E-state index contributed by atoms with van der Waals surface area (Å²) in [6.07, 6.45) is 0. The minimum absolute atomic E-state index is 0.0738. The SMILES string of the molecule is COc1cccc(-c2ccc(F)cc2C)c1O. The first-order valence-corrected chi connectivity index (χ1v) is 5.26. The van der Waals surface area contributed by atoms with Gasteiger partial charge in [0.1, 0.15) is 5.82 Å². The van der Waals surface area contributed by atoms with Gasteiger partial charge in [0.25, 0.3) is 0 Å². The molecule has 0 aliphatic heterocycles. The molecule has 88 valence electrons. The summed E-state index contributed by atoms with van der Waals surface area (Å²) in [5.74, 6) is 0.199. The Balaban J connectivity index is 2.60. The Kier molecular flexibility index (Phi) is 3.00. The molecule has 0 unspecified atom stereocenters. The van der Waals surface area contributed by atoms with Gasteiger partial charge in [-0.1, -0.05) is 18.2 Å². The number of aryl methyl sites for hydroxylation is 1. The fourth-order valence-corrected chi connectivity index (χ4v) is 1.83. The van der Waals surface area contributed by atoms with Gasteiger partial charge < -0.3 is 9.84 Å². The van der Waals surface area contributed by atoms with Gasteiger partial charge in [0, 0.05) is 5.56 Å². The van der Waals surface area contributed by atoms with Gasteiger partial charge in [-0.05, 0) is 36.2 Å². The molecule has 3 heteroatoms. The maximum atomic E-state index is 13.0. The van der Waals surface area contributed by atoms with Gasteiger partial charge in [-0.25, -0.2) is 4.39 Å². The lowest BCUT2D eigenvalue weighted by molar-refractivity contribution is 0.374. The van der Waals surface area contributed by atoms with E-state index in [-0.39, 0.29) is 11.6 Å². The third-order valence-electron chi connectivity index (χ3n) is 2.70. The van der Waals surface area contributed by atoms with Gasteiger partial charge >= 0.3 is 0 Å². The van der Waals surface area contributed by atoms with E-state index in [1.807, 2.05) is 0 Å². The molecule has 0 saturated heterocycles. The molecular formula is C14H13FO2. The zero-order valence-electron chi connectivity index (χ0n) is 9.70. The van der Waals surface area contributed by atoms with E-state index in [1.165, 1.54) is 19.2 Å². The quantitative estimate of drug-likeness (QED) is 0.858. The number of methoxy groups -OCH3 is 1. The Bertz CT molecular complexity index is 550. The highest BCUT2D eigenvalue weighted by Gasteiger charge is 2.11. The topological polar surface area (TPSA) is 29.5 Å². The molecule has 2 aromatic rings. The molecule has 0 radical (unpaired) electrons. The van der Waals surface area contributed by atoms with Crippen molar-refractivity contribution in [3.05, 3.63) is 47.8 Å². The predicted molar refractivity (Wildman–Crippen MR) is 64.8 cm³/mol. The lowest BCUT2D eigenvalue weighted by Crippen LogP contribution is -1.89. The van der Waals surface area contributed by atoms with E-state index in [1.54, 1.807) is 31.2 Å². The smallest absolute Gasteiger partial charge is 0.165 e. The molecule has 2 rings (SSSR count).